The third-order valence-corrected chi connectivity index (χ3v) is 3.53. The molecule has 1 aromatic carbocycles. The third kappa shape index (κ3) is 1.84. The summed E-state index contributed by atoms with van der Waals surface area (Å²) in [6, 6.07) is 4.55. The van der Waals surface area contributed by atoms with E-state index in [0.29, 0.717) is 0 Å². The van der Waals surface area contributed by atoms with Crippen molar-refractivity contribution in [2.75, 3.05) is 0 Å². The average molecular weight is 212 g/mol. The Bertz CT molecular complexity index is 469. The Labute approximate surface area is 98.7 Å². The number of hydrogen-bond acceptors (Lipinski definition) is 0. The summed E-state index contributed by atoms with van der Waals surface area (Å²) in [7, 11) is 0. The van der Waals surface area contributed by atoms with Gasteiger partial charge in [0.1, 0.15) is 0 Å². The summed E-state index contributed by atoms with van der Waals surface area (Å²) >= 11 is 0. The standard InChI is InChI=1S/C16H20/c1-11(2)13(4)16-12(3)9-10-14-7-5-6-8-15(14)16/h6,8-10H,5,7H2,1-4H3. The first-order valence-electron chi connectivity index (χ1n) is 6.04. The van der Waals surface area contributed by atoms with E-state index in [2.05, 4.69) is 52.0 Å². The van der Waals surface area contributed by atoms with E-state index >= 15 is 0 Å². The first kappa shape index (κ1) is 11.2. The van der Waals surface area contributed by atoms with E-state index < -0.39 is 0 Å². The van der Waals surface area contributed by atoms with E-state index in [1.54, 1.807) is 0 Å². The van der Waals surface area contributed by atoms with Crippen LogP contribution in [0.5, 0.6) is 0 Å². The van der Waals surface area contributed by atoms with Gasteiger partial charge >= 0.3 is 0 Å². The normalized spacial score (nSPS) is 13.5. The highest BCUT2D eigenvalue weighted by Crippen LogP contribution is 2.31. The van der Waals surface area contributed by atoms with Crippen LogP contribution in [0.1, 0.15) is 49.4 Å². The van der Waals surface area contributed by atoms with Gasteiger partial charge in [-0.25, -0.2) is 0 Å². The molecule has 0 heterocycles. The topological polar surface area (TPSA) is 0 Å². The molecule has 2 rings (SSSR count). The summed E-state index contributed by atoms with van der Waals surface area (Å²) in [4.78, 5) is 0. The van der Waals surface area contributed by atoms with Crippen molar-refractivity contribution in [1.82, 2.24) is 0 Å². The van der Waals surface area contributed by atoms with Crippen molar-refractivity contribution < 1.29 is 0 Å². The maximum Gasteiger partial charge on any atom is -0.0123 e. The first-order chi connectivity index (χ1) is 7.61. The molecule has 1 aromatic rings. The van der Waals surface area contributed by atoms with E-state index in [-0.39, 0.29) is 0 Å². The Morgan fingerprint density at radius 1 is 1.12 bits per heavy atom. The van der Waals surface area contributed by atoms with Crippen molar-refractivity contribution in [3.8, 4) is 0 Å². The van der Waals surface area contributed by atoms with Gasteiger partial charge in [0.25, 0.3) is 0 Å². The van der Waals surface area contributed by atoms with Gasteiger partial charge in [-0.05, 0) is 68.4 Å². The SMILES string of the molecule is CC(C)=C(C)c1c(C)ccc2c1C=CCC2. The van der Waals surface area contributed by atoms with Crippen LogP contribution >= 0.6 is 0 Å². The molecule has 0 aliphatic heterocycles. The van der Waals surface area contributed by atoms with E-state index in [9.17, 15) is 0 Å². The molecule has 0 bridgehead atoms. The lowest BCUT2D eigenvalue weighted by atomic mass is 9.86. The van der Waals surface area contributed by atoms with Crippen LogP contribution < -0.4 is 0 Å². The molecule has 84 valence electrons. The minimum Gasteiger partial charge on any atom is -0.0836 e. The minimum absolute atomic E-state index is 1.18. The zero-order valence-corrected chi connectivity index (χ0v) is 10.7. The van der Waals surface area contributed by atoms with Crippen molar-refractivity contribution in [3.05, 3.63) is 46.0 Å². The van der Waals surface area contributed by atoms with E-state index in [1.807, 2.05) is 0 Å². The van der Waals surface area contributed by atoms with Gasteiger partial charge in [-0.1, -0.05) is 29.9 Å². The quantitative estimate of drug-likeness (QED) is 0.629. The molecule has 0 fully saturated rings. The zero-order chi connectivity index (χ0) is 11.7. The number of fused-ring (bicyclic) bond motifs is 1. The van der Waals surface area contributed by atoms with Crippen LogP contribution in [0.25, 0.3) is 11.6 Å². The van der Waals surface area contributed by atoms with Crippen LogP contribution in [0, 0.1) is 6.92 Å². The highest BCUT2D eigenvalue weighted by atomic mass is 14.2. The molecule has 0 heteroatoms. The Morgan fingerprint density at radius 3 is 2.56 bits per heavy atom. The number of hydrogen-bond donors (Lipinski definition) is 0. The maximum atomic E-state index is 2.30. The van der Waals surface area contributed by atoms with Crippen LogP contribution in [-0.2, 0) is 6.42 Å². The predicted octanol–water partition coefficient (Wildman–Crippen LogP) is 4.77. The molecular formula is C16H20. The molecular weight excluding hydrogens is 192 g/mol. The van der Waals surface area contributed by atoms with Crippen molar-refractivity contribution in [1.29, 1.82) is 0 Å². The van der Waals surface area contributed by atoms with Crippen molar-refractivity contribution in [2.45, 2.75) is 40.5 Å². The number of benzene rings is 1. The summed E-state index contributed by atoms with van der Waals surface area (Å²) in [5.74, 6) is 0. The van der Waals surface area contributed by atoms with Gasteiger partial charge in [-0.2, -0.15) is 0 Å². The van der Waals surface area contributed by atoms with Crippen LogP contribution in [0.4, 0.5) is 0 Å². The smallest absolute Gasteiger partial charge is 0.0123 e. The second kappa shape index (κ2) is 4.29. The molecule has 0 N–H and O–H groups in total. The second-order valence-electron chi connectivity index (χ2n) is 4.90. The summed E-state index contributed by atoms with van der Waals surface area (Å²) in [6.07, 6.45) is 6.97. The molecule has 0 saturated carbocycles. The Hall–Kier alpha value is -1.30. The Morgan fingerprint density at radius 2 is 1.88 bits per heavy atom. The predicted molar refractivity (Wildman–Crippen MR) is 72.5 cm³/mol. The van der Waals surface area contributed by atoms with Gasteiger partial charge in [0.2, 0.25) is 0 Å². The fourth-order valence-corrected chi connectivity index (χ4v) is 2.37. The van der Waals surface area contributed by atoms with E-state index in [4.69, 9.17) is 0 Å². The van der Waals surface area contributed by atoms with Gasteiger partial charge in [0.15, 0.2) is 0 Å². The molecule has 1 aliphatic carbocycles. The van der Waals surface area contributed by atoms with Gasteiger partial charge in [0, 0.05) is 0 Å². The lowest BCUT2D eigenvalue weighted by molar-refractivity contribution is 0.981. The van der Waals surface area contributed by atoms with E-state index in [1.165, 1.54) is 46.2 Å². The molecule has 0 nitrogen and oxygen atoms in total. The molecule has 16 heavy (non-hydrogen) atoms. The van der Waals surface area contributed by atoms with Crippen molar-refractivity contribution in [2.24, 2.45) is 0 Å². The molecule has 1 aliphatic rings. The summed E-state index contributed by atoms with van der Waals surface area (Å²) < 4.78 is 0. The van der Waals surface area contributed by atoms with Crippen molar-refractivity contribution in [3.63, 3.8) is 0 Å². The fourth-order valence-electron chi connectivity index (χ4n) is 2.37. The fraction of sp³-hybridized carbons (Fsp3) is 0.375. The van der Waals surface area contributed by atoms with Crippen LogP contribution in [0.15, 0.2) is 23.8 Å². The lowest BCUT2D eigenvalue weighted by Crippen LogP contribution is -2.01. The van der Waals surface area contributed by atoms with Gasteiger partial charge in [-0.15, -0.1) is 0 Å². The van der Waals surface area contributed by atoms with Crippen LogP contribution in [0.3, 0.4) is 0 Å². The van der Waals surface area contributed by atoms with Gasteiger partial charge < -0.3 is 0 Å². The molecule has 0 unspecified atom stereocenters. The highest BCUT2D eigenvalue weighted by molar-refractivity contribution is 5.79. The van der Waals surface area contributed by atoms with Gasteiger partial charge in [-0.3, -0.25) is 0 Å². The van der Waals surface area contributed by atoms with Crippen molar-refractivity contribution >= 4 is 11.6 Å². The first-order valence-corrected chi connectivity index (χ1v) is 6.04. The monoisotopic (exact) mass is 212 g/mol. The minimum atomic E-state index is 1.18. The average Bonchev–Trinajstić information content (AvgIpc) is 2.28. The largest absolute Gasteiger partial charge is 0.0836 e. The second-order valence-corrected chi connectivity index (χ2v) is 4.90. The lowest BCUT2D eigenvalue weighted by Gasteiger charge is -2.19. The Balaban J connectivity index is 2.70. The molecule has 0 aromatic heterocycles. The number of allylic oxidation sites excluding steroid dienone is 3. The van der Waals surface area contributed by atoms with Crippen LogP contribution in [0.2, 0.25) is 0 Å². The summed E-state index contributed by atoms with van der Waals surface area (Å²) in [6.45, 7) is 8.84. The summed E-state index contributed by atoms with van der Waals surface area (Å²) in [5.41, 5.74) is 8.64. The molecule has 0 amide bonds. The van der Waals surface area contributed by atoms with Crippen LogP contribution in [-0.4, -0.2) is 0 Å². The molecule has 0 atom stereocenters. The van der Waals surface area contributed by atoms with E-state index in [0.717, 1.165) is 0 Å². The highest BCUT2D eigenvalue weighted by Gasteiger charge is 2.13. The zero-order valence-electron chi connectivity index (χ0n) is 10.7. The Kier molecular flexibility index (Phi) is 3.00. The summed E-state index contributed by atoms with van der Waals surface area (Å²) in [5, 5.41) is 0. The number of rotatable bonds is 1. The third-order valence-electron chi connectivity index (χ3n) is 3.53. The molecule has 0 radical (unpaired) electrons. The number of aryl methyl sites for hydroxylation is 2. The maximum absolute atomic E-state index is 2.30. The molecule has 0 saturated heterocycles. The van der Waals surface area contributed by atoms with Gasteiger partial charge in [0.05, 0.1) is 0 Å². The molecule has 0 spiro atoms.